The van der Waals surface area contributed by atoms with Crippen LogP contribution in [0.3, 0.4) is 0 Å². The molecule has 164 valence electrons. The van der Waals surface area contributed by atoms with Crippen LogP contribution in [0.5, 0.6) is 0 Å². The Kier molecular flexibility index (Phi) is 7.42. The number of rotatable bonds is 6. The highest BCUT2D eigenvalue weighted by molar-refractivity contribution is 5.79. The average Bonchev–Trinajstić information content (AvgIpc) is 3.28. The highest BCUT2D eigenvalue weighted by Gasteiger charge is 2.29. The fourth-order valence-corrected chi connectivity index (χ4v) is 5.42. The van der Waals surface area contributed by atoms with Gasteiger partial charge in [0, 0.05) is 39.1 Å². The van der Waals surface area contributed by atoms with Crippen molar-refractivity contribution in [1.82, 2.24) is 14.7 Å². The van der Waals surface area contributed by atoms with Gasteiger partial charge in [0.15, 0.2) is 0 Å². The summed E-state index contributed by atoms with van der Waals surface area (Å²) >= 11 is 0. The second-order valence-corrected chi connectivity index (χ2v) is 9.55. The number of hydrogen-bond acceptors (Lipinski definition) is 3. The molecule has 5 heteroatoms. The molecule has 2 amide bonds. The Morgan fingerprint density at radius 1 is 0.767 bits per heavy atom. The summed E-state index contributed by atoms with van der Waals surface area (Å²) in [5.41, 5.74) is 1.08. The molecule has 0 radical (unpaired) electrons. The molecule has 0 unspecified atom stereocenters. The van der Waals surface area contributed by atoms with Crippen molar-refractivity contribution in [2.45, 2.75) is 51.4 Å². The number of piperidine rings is 2. The van der Waals surface area contributed by atoms with Gasteiger partial charge in [0.05, 0.1) is 6.42 Å². The summed E-state index contributed by atoms with van der Waals surface area (Å²) in [7, 11) is 0. The third-order valence-electron chi connectivity index (χ3n) is 7.22. The third kappa shape index (κ3) is 5.84. The molecule has 0 bridgehead atoms. The van der Waals surface area contributed by atoms with E-state index in [-0.39, 0.29) is 5.91 Å². The predicted octanol–water partition coefficient (Wildman–Crippen LogP) is 3.19. The zero-order valence-corrected chi connectivity index (χ0v) is 18.3. The monoisotopic (exact) mass is 411 g/mol. The SMILES string of the molecule is O=C(Cc1ccccc1)N1CCC(CC(=O)N2CCC[C@@H](CN3CCCC3)C2)CC1. The molecular formula is C25H37N3O2. The molecule has 30 heavy (non-hydrogen) atoms. The molecule has 0 N–H and O–H groups in total. The molecule has 1 aromatic carbocycles. The Balaban J connectivity index is 1.19. The van der Waals surface area contributed by atoms with Gasteiger partial charge in [0.2, 0.25) is 11.8 Å². The van der Waals surface area contributed by atoms with Crippen molar-refractivity contribution in [3.8, 4) is 0 Å². The summed E-state index contributed by atoms with van der Waals surface area (Å²) in [5, 5.41) is 0. The van der Waals surface area contributed by atoms with Crippen molar-refractivity contribution in [3.05, 3.63) is 35.9 Å². The van der Waals surface area contributed by atoms with E-state index in [1.54, 1.807) is 0 Å². The molecule has 0 aromatic heterocycles. The molecule has 0 aliphatic carbocycles. The average molecular weight is 412 g/mol. The van der Waals surface area contributed by atoms with Crippen LogP contribution in [0, 0.1) is 11.8 Å². The maximum atomic E-state index is 12.9. The van der Waals surface area contributed by atoms with E-state index in [1.165, 1.54) is 38.9 Å². The Morgan fingerprint density at radius 3 is 2.23 bits per heavy atom. The number of amides is 2. The van der Waals surface area contributed by atoms with Gasteiger partial charge >= 0.3 is 0 Å². The van der Waals surface area contributed by atoms with E-state index in [0.717, 1.165) is 51.0 Å². The van der Waals surface area contributed by atoms with Crippen LogP contribution in [0.4, 0.5) is 0 Å². The summed E-state index contributed by atoms with van der Waals surface area (Å²) in [6, 6.07) is 9.97. The lowest BCUT2D eigenvalue weighted by molar-refractivity contribution is -0.135. The lowest BCUT2D eigenvalue weighted by Gasteiger charge is -2.37. The van der Waals surface area contributed by atoms with Gasteiger partial charge in [0.25, 0.3) is 0 Å². The van der Waals surface area contributed by atoms with E-state index in [4.69, 9.17) is 0 Å². The molecule has 3 heterocycles. The molecule has 4 rings (SSSR count). The predicted molar refractivity (Wildman–Crippen MR) is 119 cm³/mol. The van der Waals surface area contributed by atoms with E-state index < -0.39 is 0 Å². The van der Waals surface area contributed by atoms with Crippen LogP contribution in [-0.4, -0.2) is 72.3 Å². The molecular weight excluding hydrogens is 374 g/mol. The van der Waals surface area contributed by atoms with Crippen molar-refractivity contribution < 1.29 is 9.59 Å². The minimum atomic E-state index is 0.215. The first-order chi connectivity index (χ1) is 14.7. The number of likely N-dealkylation sites (tertiary alicyclic amines) is 3. The number of carbonyl (C=O) groups excluding carboxylic acids is 2. The van der Waals surface area contributed by atoms with E-state index in [2.05, 4.69) is 9.80 Å². The van der Waals surface area contributed by atoms with Crippen molar-refractivity contribution in [3.63, 3.8) is 0 Å². The molecule has 3 saturated heterocycles. The zero-order chi connectivity index (χ0) is 20.8. The van der Waals surface area contributed by atoms with Gasteiger partial charge in [-0.25, -0.2) is 0 Å². The lowest BCUT2D eigenvalue weighted by atomic mass is 9.91. The first-order valence-electron chi connectivity index (χ1n) is 12.0. The largest absolute Gasteiger partial charge is 0.342 e. The molecule has 1 aromatic rings. The first kappa shape index (κ1) is 21.4. The van der Waals surface area contributed by atoms with Gasteiger partial charge in [0.1, 0.15) is 0 Å². The lowest BCUT2D eigenvalue weighted by Crippen LogP contribution is -2.45. The van der Waals surface area contributed by atoms with Crippen molar-refractivity contribution in [2.24, 2.45) is 11.8 Å². The Morgan fingerprint density at radius 2 is 1.50 bits per heavy atom. The van der Waals surface area contributed by atoms with Crippen LogP contribution >= 0.6 is 0 Å². The quantitative estimate of drug-likeness (QED) is 0.722. The third-order valence-corrected chi connectivity index (χ3v) is 7.22. The van der Waals surface area contributed by atoms with Crippen molar-refractivity contribution in [1.29, 1.82) is 0 Å². The highest BCUT2D eigenvalue weighted by atomic mass is 16.2. The van der Waals surface area contributed by atoms with Crippen LogP contribution in [0.15, 0.2) is 30.3 Å². The Hall–Kier alpha value is -1.88. The minimum absolute atomic E-state index is 0.215. The summed E-state index contributed by atoms with van der Waals surface area (Å²) in [4.78, 5) is 32.2. The second-order valence-electron chi connectivity index (χ2n) is 9.55. The van der Waals surface area contributed by atoms with E-state index in [1.807, 2.05) is 35.2 Å². The number of benzene rings is 1. The van der Waals surface area contributed by atoms with Crippen molar-refractivity contribution >= 4 is 11.8 Å². The Bertz CT molecular complexity index is 694. The molecule has 3 aliphatic rings. The van der Waals surface area contributed by atoms with E-state index >= 15 is 0 Å². The molecule has 0 saturated carbocycles. The molecule has 3 fully saturated rings. The standard InChI is InChI=1S/C25H37N3O2/c29-24(17-21-7-2-1-3-8-21)27-15-10-22(11-16-27)18-25(30)28-14-6-9-23(20-28)19-26-12-4-5-13-26/h1-3,7-8,22-23H,4-6,9-20H2/t23-/m0/s1. The highest BCUT2D eigenvalue weighted by Crippen LogP contribution is 2.25. The zero-order valence-electron chi connectivity index (χ0n) is 18.3. The smallest absolute Gasteiger partial charge is 0.226 e. The van der Waals surface area contributed by atoms with E-state index in [0.29, 0.717) is 30.6 Å². The number of nitrogens with zero attached hydrogens (tertiary/aromatic N) is 3. The molecule has 0 spiro atoms. The van der Waals surface area contributed by atoms with Gasteiger partial charge in [-0.2, -0.15) is 0 Å². The number of hydrogen-bond donors (Lipinski definition) is 0. The van der Waals surface area contributed by atoms with Crippen LogP contribution in [0.2, 0.25) is 0 Å². The minimum Gasteiger partial charge on any atom is -0.342 e. The summed E-state index contributed by atoms with van der Waals surface area (Å²) in [6.07, 6.45) is 8.14. The van der Waals surface area contributed by atoms with Gasteiger partial charge in [-0.1, -0.05) is 30.3 Å². The first-order valence-corrected chi connectivity index (χ1v) is 12.0. The second kappa shape index (κ2) is 10.4. The fraction of sp³-hybridized carbons (Fsp3) is 0.680. The van der Waals surface area contributed by atoms with Crippen LogP contribution in [0.25, 0.3) is 0 Å². The maximum Gasteiger partial charge on any atom is 0.226 e. The van der Waals surface area contributed by atoms with Gasteiger partial charge in [-0.3, -0.25) is 9.59 Å². The summed E-state index contributed by atoms with van der Waals surface area (Å²) in [6.45, 7) is 7.12. The normalized spacial score (nSPS) is 23.7. The summed E-state index contributed by atoms with van der Waals surface area (Å²) < 4.78 is 0. The fourth-order valence-electron chi connectivity index (χ4n) is 5.42. The van der Waals surface area contributed by atoms with Gasteiger partial charge in [-0.15, -0.1) is 0 Å². The topological polar surface area (TPSA) is 43.9 Å². The van der Waals surface area contributed by atoms with Crippen LogP contribution in [0.1, 0.15) is 50.5 Å². The van der Waals surface area contributed by atoms with E-state index in [9.17, 15) is 9.59 Å². The maximum absolute atomic E-state index is 12.9. The Labute approximate surface area is 181 Å². The van der Waals surface area contributed by atoms with Crippen LogP contribution < -0.4 is 0 Å². The molecule has 1 atom stereocenters. The van der Waals surface area contributed by atoms with Gasteiger partial charge in [-0.05, 0) is 69.0 Å². The van der Waals surface area contributed by atoms with Gasteiger partial charge < -0.3 is 14.7 Å². The molecule has 5 nitrogen and oxygen atoms in total. The number of carbonyl (C=O) groups is 2. The summed E-state index contributed by atoms with van der Waals surface area (Å²) in [5.74, 6) is 1.64. The molecule has 3 aliphatic heterocycles. The van der Waals surface area contributed by atoms with Crippen LogP contribution in [-0.2, 0) is 16.0 Å². The van der Waals surface area contributed by atoms with Crippen molar-refractivity contribution in [2.75, 3.05) is 45.8 Å².